The van der Waals surface area contributed by atoms with Gasteiger partial charge in [-0.3, -0.25) is 14.6 Å². The van der Waals surface area contributed by atoms with Crippen molar-refractivity contribution in [2.75, 3.05) is 39.8 Å². The predicted octanol–water partition coefficient (Wildman–Crippen LogP) is 3.28. The second-order valence-electron chi connectivity index (χ2n) is 7.99. The van der Waals surface area contributed by atoms with Crippen LogP contribution in [-0.2, 0) is 16.1 Å². The molecule has 0 aromatic heterocycles. The van der Waals surface area contributed by atoms with Crippen LogP contribution >= 0.6 is 24.0 Å². The van der Waals surface area contributed by atoms with Gasteiger partial charge in [0.2, 0.25) is 0 Å². The van der Waals surface area contributed by atoms with Crippen LogP contribution in [0.1, 0.15) is 54.9 Å². The Kier molecular flexibility index (Phi) is 10.6. The molecule has 2 aliphatic rings. The zero-order valence-electron chi connectivity index (χ0n) is 18.6. The molecule has 31 heavy (non-hydrogen) atoms. The molecule has 0 aliphatic carbocycles. The lowest BCUT2D eigenvalue weighted by atomic mass is 9.98. The maximum Gasteiger partial charge on any atom is 0.310 e. The second-order valence-corrected chi connectivity index (χ2v) is 7.99. The number of amides is 1. The number of ether oxygens (including phenoxy) is 1. The van der Waals surface area contributed by atoms with Gasteiger partial charge < -0.3 is 19.9 Å². The summed E-state index contributed by atoms with van der Waals surface area (Å²) in [5, 5.41) is 3.39. The third-order valence-electron chi connectivity index (χ3n) is 5.82. The Labute approximate surface area is 202 Å². The Bertz CT molecular complexity index is 765. The van der Waals surface area contributed by atoms with E-state index in [1.807, 2.05) is 36.1 Å². The van der Waals surface area contributed by atoms with Gasteiger partial charge in [-0.25, -0.2) is 0 Å². The average molecular weight is 542 g/mol. The van der Waals surface area contributed by atoms with E-state index in [0.717, 1.165) is 62.4 Å². The fourth-order valence-electron chi connectivity index (χ4n) is 4.23. The lowest BCUT2D eigenvalue weighted by Crippen LogP contribution is -2.48. The van der Waals surface area contributed by atoms with Gasteiger partial charge in [-0.05, 0) is 56.7 Å². The van der Waals surface area contributed by atoms with E-state index < -0.39 is 0 Å². The molecule has 8 heteroatoms. The summed E-state index contributed by atoms with van der Waals surface area (Å²) in [6.45, 7) is 6.01. The van der Waals surface area contributed by atoms with Gasteiger partial charge in [0.15, 0.2) is 5.96 Å². The summed E-state index contributed by atoms with van der Waals surface area (Å²) in [5.41, 5.74) is 1.78. The van der Waals surface area contributed by atoms with Gasteiger partial charge in [0.1, 0.15) is 0 Å². The van der Waals surface area contributed by atoms with Gasteiger partial charge in [0.25, 0.3) is 5.91 Å². The maximum atomic E-state index is 12.8. The number of esters is 1. The summed E-state index contributed by atoms with van der Waals surface area (Å²) in [6.07, 6.45) is 5.18. The van der Waals surface area contributed by atoms with Gasteiger partial charge in [0, 0.05) is 45.3 Å². The molecule has 1 aromatic rings. The summed E-state index contributed by atoms with van der Waals surface area (Å²) in [7, 11) is 1.76. The summed E-state index contributed by atoms with van der Waals surface area (Å²) < 4.78 is 5.20. The first-order chi connectivity index (χ1) is 14.6. The van der Waals surface area contributed by atoms with E-state index in [4.69, 9.17) is 4.74 Å². The van der Waals surface area contributed by atoms with Crippen LogP contribution in [0.25, 0.3) is 0 Å². The molecule has 2 fully saturated rings. The standard InChI is InChI=1S/C23H34N4O3.HI/c1-3-30-22(29)20-11-8-14-27(17-20)23(24-2)25-16-18-9-7-10-19(15-18)21(28)26-12-5-4-6-13-26;/h7,9-10,15,20H,3-6,8,11-14,16-17H2,1-2H3,(H,24,25);1H/t20-;/m0./s1. The highest BCUT2D eigenvalue weighted by molar-refractivity contribution is 14.0. The number of carbonyl (C=O) groups is 2. The monoisotopic (exact) mass is 542 g/mol. The van der Waals surface area contributed by atoms with Crippen LogP contribution in [0.15, 0.2) is 29.3 Å². The number of halogens is 1. The first-order valence-electron chi connectivity index (χ1n) is 11.1. The van der Waals surface area contributed by atoms with Crippen molar-refractivity contribution in [3.8, 4) is 0 Å². The molecule has 0 bridgehead atoms. The first kappa shape index (κ1) is 25.4. The molecule has 2 aliphatic heterocycles. The van der Waals surface area contributed by atoms with Crippen LogP contribution < -0.4 is 5.32 Å². The van der Waals surface area contributed by atoms with Crippen LogP contribution in [0, 0.1) is 5.92 Å². The normalized spacial score (nSPS) is 19.4. The van der Waals surface area contributed by atoms with Crippen molar-refractivity contribution in [3.05, 3.63) is 35.4 Å². The molecule has 7 nitrogen and oxygen atoms in total. The molecule has 0 saturated carbocycles. The Morgan fingerprint density at radius 1 is 1.13 bits per heavy atom. The smallest absolute Gasteiger partial charge is 0.310 e. The SMILES string of the molecule is CCOC(=O)[C@H]1CCCN(C(=NC)NCc2cccc(C(=O)N3CCCCC3)c2)C1.I. The molecular formula is C23H35IN4O3. The zero-order chi connectivity index (χ0) is 21.3. The minimum Gasteiger partial charge on any atom is -0.466 e. The Hall–Kier alpha value is -1.84. The number of rotatable bonds is 5. The topological polar surface area (TPSA) is 74.2 Å². The summed E-state index contributed by atoms with van der Waals surface area (Å²) in [6, 6.07) is 7.82. The third kappa shape index (κ3) is 7.08. The van der Waals surface area contributed by atoms with Crippen LogP contribution in [-0.4, -0.2) is 67.5 Å². The van der Waals surface area contributed by atoms with Crippen molar-refractivity contribution in [1.82, 2.24) is 15.1 Å². The highest BCUT2D eigenvalue weighted by Crippen LogP contribution is 2.18. The summed E-state index contributed by atoms with van der Waals surface area (Å²) in [4.78, 5) is 33.4. The minimum absolute atomic E-state index is 0. The number of nitrogens with one attached hydrogen (secondary N) is 1. The lowest BCUT2D eigenvalue weighted by molar-refractivity contribution is -0.149. The number of aliphatic imine (C=N–C) groups is 1. The van der Waals surface area contributed by atoms with Crippen molar-refractivity contribution < 1.29 is 14.3 Å². The number of nitrogens with zero attached hydrogens (tertiary/aromatic N) is 3. The molecule has 1 aromatic carbocycles. The number of carbonyl (C=O) groups excluding carboxylic acids is 2. The van der Waals surface area contributed by atoms with Crippen molar-refractivity contribution in [2.45, 2.75) is 45.6 Å². The van der Waals surface area contributed by atoms with Crippen LogP contribution in [0.2, 0.25) is 0 Å². The number of hydrogen-bond donors (Lipinski definition) is 1. The quantitative estimate of drug-likeness (QED) is 0.268. The molecule has 1 atom stereocenters. The summed E-state index contributed by atoms with van der Waals surface area (Å²) in [5.74, 6) is 0.662. The fourth-order valence-corrected chi connectivity index (χ4v) is 4.23. The Balaban J connectivity index is 0.00000341. The van der Waals surface area contributed by atoms with E-state index in [9.17, 15) is 9.59 Å². The molecule has 2 heterocycles. The van der Waals surface area contributed by atoms with Crippen molar-refractivity contribution >= 4 is 41.8 Å². The Morgan fingerprint density at radius 3 is 2.58 bits per heavy atom. The van der Waals surface area contributed by atoms with Gasteiger partial charge in [-0.1, -0.05) is 12.1 Å². The lowest BCUT2D eigenvalue weighted by Gasteiger charge is -2.34. The molecule has 0 radical (unpaired) electrons. The molecular weight excluding hydrogens is 507 g/mol. The minimum atomic E-state index is -0.124. The third-order valence-corrected chi connectivity index (χ3v) is 5.82. The van der Waals surface area contributed by atoms with Gasteiger partial charge in [0.05, 0.1) is 12.5 Å². The molecule has 1 amide bonds. The highest BCUT2D eigenvalue weighted by atomic mass is 127. The molecule has 3 rings (SSSR count). The van der Waals surface area contributed by atoms with Gasteiger partial charge >= 0.3 is 5.97 Å². The molecule has 1 N–H and O–H groups in total. The molecule has 172 valence electrons. The maximum absolute atomic E-state index is 12.8. The van der Waals surface area contributed by atoms with Crippen molar-refractivity contribution in [1.29, 1.82) is 0 Å². The number of guanidine groups is 1. The van der Waals surface area contributed by atoms with E-state index in [-0.39, 0.29) is 41.8 Å². The number of likely N-dealkylation sites (tertiary alicyclic amines) is 2. The van der Waals surface area contributed by atoms with E-state index in [2.05, 4.69) is 15.2 Å². The van der Waals surface area contributed by atoms with Gasteiger partial charge in [-0.15, -0.1) is 24.0 Å². The number of hydrogen-bond acceptors (Lipinski definition) is 4. The van der Waals surface area contributed by atoms with E-state index in [1.54, 1.807) is 7.05 Å². The van der Waals surface area contributed by atoms with E-state index in [1.165, 1.54) is 6.42 Å². The molecule has 0 unspecified atom stereocenters. The van der Waals surface area contributed by atoms with Gasteiger partial charge in [-0.2, -0.15) is 0 Å². The van der Waals surface area contributed by atoms with E-state index in [0.29, 0.717) is 19.7 Å². The highest BCUT2D eigenvalue weighted by Gasteiger charge is 2.28. The van der Waals surface area contributed by atoms with Crippen LogP contribution in [0.3, 0.4) is 0 Å². The number of benzene rings is 1. The second kappa shape index (κ2) is 12.9. The number of piperidine rings is 2. The average Bonchev–Trinajstić information content (AvgIpc) is 2.80. The fraction of sp³-hybridized carbons (Fsp3) is 0.609. The van der Waals surface area contributed by atoms with Crippen LogP contribution in [0.4, 0.5) is 0 Å². The largest absolute Gasteiger partial charge is 0.466 e. The van der Waals surface area contributed by atoms with Crippen molar-refractivity contribution in [3.63, 3.8) is 0 Å². The Morgan fingerprint density at radius 2 is 1.87 bits per heavy atom. The predicted molar refractivity (Wildman–Crippen MR) is 133 cm³/mol. The first-order valence-corrected chi connectivity index (χ1v) is 11.1. The van der Waals surface area contributed by atoms with Crippen LogP contribution in [0.5, 0.6) is 0 Å². The van der Waals surface area contributed by atoms with E-state index >= 15 is 0 Å². The van der Waals surface area contributed by atoms with Crippen molar-refractivity contribution in [2.24, 2.45) is 10.9 Å². The summed E-state index contributed by atoms with van der Waals surface area (Å²) >= 11 is 0. The zero-order valence-corrected chi connectivity index (χ0v) is 21.0. The molecule has 0 spiro atoms. The molecule has 2 saturated heterocycles.